The van der Waals surface area contributed by atoms with Crippen molar-refractivity contribution in [3.63, 3.8) is 0 Å². The average molecular weight is 204 g/mol. The zero-order valence-electron chi connectivity index (χ0n) is 9.28. The van der Waals surface area contributed by atoms with Gasteiger partial charge in [-0.15, -0.1) is 0 Å². The molecule has 84 valence electrons. The summed E-state index contributed by atoms with van der Waals surface area (Å²) in [5.41, 5.74) is -0.505. The first-order chi connectivity index (χ1) is 6.29. The van der Waals surface area contributed by atoms with Crippen LogP contribution in [0.1, 0.15) is 40.5 Å². The molecular formula is C10H20O4. The largest absolute Gasteiger partial charge is 0.462 e. The Morgan fingerprint density at radius 3 is 2.29 bits per heavy atom. The maximum Gasteiger partial charge on any atom is 0.311 e. The molecule has 14 heavy (non-hydrogen) atoms. The lowest BCUT2D eigenvalue weighted by Gasteiger charge is -2.23. The molecule has 0 aromatic rings. The van der Waals surface area contributed by atoms with E-state index in [2.05, 4.69) is 0 Å². The van der Waals surface area contributed by atoms with Crippen LogP contribution in [0.25, 0.3) is 0 Å². The summed E-state index contributed by atoms with van der Waals surface area (Å²) in [4.78, 5) is 11.5. The molecule has 0 rings (SSSR count). The predicted octanol–water partition coefficient (Wildman–Crippen LogP) is 1.06. The third-order valence-electron chi connectivity index (χ3n) is 2.29. The molecule has 1 unspecified atom stereocenters. The summed E-state index contributed by atoms with van der Waals surface area (Å²) < 4.78 is 5.06. The van der Waals surface area contributed by atoms with Gasteiger partial charge in [0.15, 0.2) is 6.29 Å². The van der Waals surface area contributed by atoms with Crippen LogP contribution < -0.4 is 0 Å². The van der Waals surface area contributed by atoms with Crippen molar-refractivity contribution in [2.24, 2.45) is 5.41 Å². The van der Waals surface area contributed by atoms with E-state index in [9.17, 15) is 4.79 Å². The lowest BCUT2D eigenvalue weighted by molar-refractivity contribution is -0.163. The smallest absolute Gasteiger partial charge is 0.311 e. The van der Waals surface area contributed by atoms with E-state index in [-0.39, 0.29) is 12.4 Å². The highest BCUT2D eigenvalue weighted by molar-refractivity contribution is 5.75. The number of aliphatic hydroxyl groups excluding tert-OH is 1. The van der Waals surface area contributed by atoms with Crippen molar-refractivity contribution in [2.45, 2.75) is 52.9 Å². The van der Waals surface area contributed by atoms with Crippen LogP contribution in [0.5, 0.6) is 0 Å². The zero-order chi connectivity index (χ0) is 11.4. The molecule has 0 spiro atoms. The minimum atomic E-state index is -1.43. The van der Waals surface area contributed by atoms with Crippen LogP contribution in [0, 0.1) is 5.41 Å². The number of carbonyl (C=O) groups excluding carboxylic acids is 1. The Balaban J connectivity index is 4.06. The highest BCUT2D eigenvalue weighted by atomic mass is 16.5. The van der Waals surface area contributed by atoms with E-state index < -0.39 is 17.8 Å². The first-order valence-electron chi connectivity index (χ1n) is 4.86. The van der Waals surface area contributed by atoms with Gasteiger partial charge in [0.2, 0.25) is 0 Å². The van der Waals surface area contributed by atoms with Crippen molar-refractivity contribution in [2.75, 3.05) is 0 Å². The monoisotopic (exact) mass is 204 g/mol. The quantitative estimate of drug-likeness (QED) is 0.519. The third kappa shape index (κ3) is 4.58. The molecule has 0 saturated heterocycles. The standard InChI is InChI=1S/C10H20O4/c1-5-10(3,4)9(13)14-7(2)6-8(11)12/h7-8,11-12H,5-6H2,1-4H3. The fourth-order valence-electron chi connectivity index (χ4n) is 0.832. The normalized spacial score (nSPS) is 14.2. The van der Waals surface area contributed by atoms with Crippen molar-refractivity contribution in [3.8, 4) is 0 Å². The molecule has 4 heteroatoms. The second-order valence-corrected chi connectivity index (χ2v) is 4.17. The van der Waals surface area contributed by atoms with E-state index in [0.29, 0.717) is 6.42 Å². The van der Waals surface area contributed by atoms with Gasteiger partial charge in [0.1, 0.15) is 6.10 Å². The Hall–Kier alpha value is -0.610. The highest BCUT2D eigenvalue weighted by Crippen LogP contribution is 2.22. The van der Waals surface area contributed by atoms with Crippen molar-refractivity contribution in [1.29, 1.82) is 0 Å². The Kier molecular flexibility index (Phi) is 5.08. The molecule has 0 radical (unpaired) electrons. The van der Waals surface area contributed by atoms with Gasteiger partial charge in [0.25, 0.3) is 0 Å². The van der Waals surface area contributed by atoms with Gasteiger partial charge >= 0.3 is 5.97 Å². The van der Waals surface area contributed by atoms with Gasteiger partial charge in [-0.25, -0.2) is 0 Å². The van der Waals surface area contributed by atoms with E-state index in [1.807, 2.05) is 6.92 Å². The SMILES string of the molecule is CCC(C)(C)C(=O)OC(C)CC(O)O. The summed E-state index contributed by atoms with van der Waals surface area (Å²) >= 11 is 0. The molecule has 0 fully saturated rings. The summed E-state index contributed by atoms with van der Waals surface area (Å²) in [5, 5.41) is 17.3. The van der Waals surface area contributed by atoms with E-state index in [4.69, 9.17) is 14.9 Å². The number of hydrogen-bond acceptors (Lipinski definition) is 4. The first kappa shape index (κ1) is 13.4. The molecule has 0 aromatic heterocycles. The van der Waals surface area contributed by atoms with Gasteiger partial charge in [0, 0.05) is 6.42 Å². The minimum absolute atomic E-state index is 0.0472. The number of hydrogen-bond donors (Lipinski definition) is 2. The fourth-order valence-corrected chi connectivity index (χ4v) is 0.832. The molecule has 2 N–H and O–H groups in total. The number of rotatable bonds is 5. The van der Waals surface area contributed by atoms with Crippen LogP contribution in [0.4, 0.5) is 0 Å². The van der Waals surface area contributed by atoms with Crippen molar-refractivity contribution < 1.29 is 19.7 Å². The summed E-state index contributed by atoms with van der Waals surface area (Å²) in [5.74, 6) is -0.298. The minimum Gasteiger partial charge on any atom is -0.462 e. The molecule has 0 aromatic carbocycles. The molecular weight excluding hydrogens is 184 g/mol. The summed E-state index contributed by atoms with van der Waals surface area (Å²) in [6, 6.07) is 0. The number of aliphatic hydroxyl groups is 2. The van der Waals surface area contributed by atoms with Gasteiger partial charge in [0.05, 0.1) is 5.41 Å². The Labute approximate surface area is 84.9 Å². The van der Waals surface area contributed by atoms with Crippen LogP contribution in [-0.4, -0.2) is 28.6 Å². The lowest BCUT2D eigenvalue weighted by Crippen LogP contribution is -2.30. The number of esters is 1. The van der Waals surface area contributed by atoms with Crippen LogP contribution in [0.2, 0.25) is 0 Å². The molecule has 0 aliphatic rings. The lowest BCUT2D eigenvalue weighted by atomic mass is 9.90. The highest BCUT2D eigenvalue weighted by Gasteiger charge is 2.28. The molecule has 4 nitrogen and oxygen atoms in total. The van der Waals surface area contributed by atoms with Gasteiger partial charge in [-0.05, 0) is 27.2 Å². The van der Waals surface area contributed by atoms with E-state index in [1.165, 1.54) is 0 Å². The molecule has 0 amide bonds. The van der Waals surface area contributed by atoms with Crippen molar-refractivity contribution in [1.82, 2.24) is 0 Å². The zero-order valence-corrected chi connectivity index (χ0v) is 9.28. The van der Waals surface area contributed by atoms with Gasteiger partial charge in [-0.1, -0.05) is 6.92 Å². The van der Waals surface area contributed by atoms with Crippen LogP contribution >= 0.6 is 0 Å². The second-order valence-electron chi connectivity index (χ2n) is 4.17. The van der Waals surface area contributed by atoms with Gasteiger partial charge in [-0.3, -0.25) is 4.79 Å². The average Bonchev–Trinajstić information content (AvgIpc) is 2.02. The molecule has 0 saturated carbocycles. The number of ether oxygens (including phenoxy) is 1. The maximum absolute atomic E-state index is 11.5. The van der Waals surface area contributed by atoms with E-state index in [1.54, 1.807) is 20.8 Å². The molecule has 0 bridgehead atoms. The van der Waals surface area contributed by atoms with E-state index in [0.717, 1.165) is 0 Å². The topological polar surface area (TPSA) is 66.8 Å². The third-order valence-corrected chi connectivity index (χ3v) is 2.29. The second kappa shape index (κ2) is 5.32. The van der Waals surface area contributed by atoms with Crippen LogP contribution in [0.15, 0.2) is 0 Å². The van der Waals surface area contributed by atoms with Gasteiger partial charge in [-0.2, -0.15) is 0 Å². The Morgan fingerprint density at radius 1 is 1.43 bits per heavy atom. The Bertz CT molecular complexity index is 187. The fraction of sp³-hybridized carbons (Fsp3) is 0.900. The van der Waals surface area contributed by atoms with Crippen molar-refractivity contribution >= 4 is 5.97 Å². The molecule has 0 aliphatic carbocycles. The summed E-state index contributed by atoms with van der Waals surface area (Å²) in [6.45, 7) is 7.16. The molecule has 0 heterocycles. The van der Waals surface area contributed by atoms with Crippen LogP contribution in [-0.2, 0) is 9.53 Å². The van der Waals surface area contributed by atoms with Crippen LogP contribution in [0.3, 0.4) is 0 Å². The summed E-state index contributed by atoms with van der Waals surface area (Å²) in [7, 11) is 0. The van der Waals surface area contributed by atoms with E-state index >= 15 is 0 Å². The number of carbonyl (C=O) groups is 1. The molecule has 1 atom stereocenters. The maximum atomic E-state index is 11.5. The predicted molar refractivity (Wildman–Crippen MR) is 52.5 cm³/mol. The first-order valence-corrected chi connectivity index (χ1v) is 4.86. The van der Waals surface area contributed by atoms with Crippen molar-refractivity contribution in [3.05, 3.63) is 0 Å². The summed E-state index contributed by atoms with van der Waals surface area (Å²) in [6.07, 6.45) is -1.15. The van der Waals surface area contributed by atoms with Gasteiger partial charge < -0.3 is 14.9 Å². The molecule has 0 aliphatic heterocycles. The Morgan fingerprint density at radius 2 is 1.93 bits per heavy atom.